The van der Waals surface area contributed by atoms with Crippen LogP contribution < -0.4 is 0 Å². The SMILES string of the molecule is CC(C)C1=C[C@@H]2C[C@@]3(C=O)[C@H]4CC[C@H](C)[C@@H]4C[C@]2(COC[C@H](C)N=[N+]=[N-])[C@@]13C(=O)OCc1ccccc1. The molecule has 3 saturated carbocycles. The van der Waals surface area contributed by atoms with Crippen molar-refractivity contribution in [1.82, 2.24) is 0 Å². The Hall–Kier alpha value is -2.63. The third-order valence-electron chi connectivity index (χ3n) is 10.3. The van der Waals surface area contributed by atoms with Crippen molar-refractivity contribution in [2.24, 2.45) is 50.9 Å². The van der Waals surface area contributed by atoms with E-state index in [0.29, 0.717) is 24.9 Å². The van der Waals surface area contributed by atoms with Gasteiger partial charge in [-0.05, 0) is 59.9 Å². The van der Waals surface area contributed by atoms with Crippen LogP contribution in [0.3, 0.4) is 0 Å². The second-order valence-electron chi connectivity index (χ2n) is 12.3. The molecule has 0 radical (unpaired) electrons. The van der Waals surface area contributed by atoms with Gasteiger partial charge in [-0.1, -0.05) is 81.2 Å². The van der Waals surface area contributed by atoms with E-state index in [9.17, 15) is 9.59 Å². The highest BCUT2D eigenvalue weighted by Gasteiger charge is 2.84. The van der Waals surface area contributed by atoms with E-state index >= 15 is 0 Å². The van der Waals surface area contributed by atoms with E-state index < -0.39 is 16.2 Å². The Morgan fingerprint density at radius 2 is 1.97 bits per heavy atom. The quantitative estimate of drug-likeness (QED) is 0.0932. The predicted octanol–water partition coefficient (Wildman–Crippen LogP) is 6.29. The number of allylic oxidation sites excluding steroid dienone is 1. The molecule has 4 aliphatic rings. The lowest BCUT2D eigenvalue weighted by Crippen LogP contribution is -2.64. The summed E-state index contributed by atoms with van der Waals surface area (Å²) in [6.07, 6.45) is 7.02. The predicted molar refractivity (Wildman–Crippen MR) is 140 cm³/mol. The molecule has 0 heterocycles. The molecule has 4 aliphatic carbocycles. The van der Waals surface area contributed by atoms with Crippen LogP contribution in [0.5, 0.6) is 0 Å². The van der Waals surface area contributed by atoms with Crippen molar-refractivity contribution in [3.63, 3.8) is 0 Å². The highest BCUT2D eigenvalue weighted by Crippen LogP contribution is 2.82. The smallest absolute Gasteiger partial charge is 0.318 e. The summed E-state index contributed by atoms with van der Waals surface area (Å²) in [5.74, 6) is 0.963. The van der Waals surface area contributed by atoms with Crippen LogP contribution in [-0.2, 0) is 25.7 Å². The molecular weight excluding hydrogens is 466 g/mol. The lowest BCUT2D eigenvalue weighted by atomic mass is 9.43. The van der Waals surface area contributed by atoms with E-state index in [2.05, 4.69) is 36.9 Å². The summed E-state index contributed by atoms with van der Waals surface area (Å²) < 4.78 is 12.5. The molecule has 1 aromatic rings. The van der Waals surface area contributed by atoms with Crippen LogP contribution in [0.15, 0.2) is 47.1 Å². The second-order valence-corrected chi connectivity index (χ2v) is 12.3. The number of fused-ring (bicyclic) bond motifs is 2. The van der Waals surface area contributed by atoms with Gasteiger partial charge in [-0.15, -0.1) is 0 Å². The first-order valence-electron chi connectivity index (χ1n) is 13.8. The van der Waals surface area contributed by atoms with Crippen LogP contribution >= 0.6 is 0 Å². The highest BCUT2D eigenvalue weighted by atomic mass is 16.5. The van der Waals surface area contributed by atoms with Gasteiger partial charge >= 0.3 is 5.97 Å². The Morgan fingerprint density at radius 3 is 2.65 bits per heavy atom. The molecule has 0 saturated heterocycles. The van der Waals surface area contributed by atoms with Gasteiger partial charge in [-0.25, -0.2) is 0 Å². The van der Waals surface area contributed by atoms with E-state index in [1.807, 2.05) is 37.3 Å². The van der Waals surface area contributed by atoms with Crippen molar-refractivity contribution >= 4 is 12.3 Å². The number of azide groups is 1. The monoisotopic (exact) mass is 505 g/mol. The number of carbonyl (C=O) groups is 2. The van der Waals surface area contributed by atoms with E-state index in [1.54, 1.807) is 0 Å². The van der Waals surface area contributed by atoms with Crippen LogP contribution in [0.25, 0.3) is 10.4 Å². The number of nitrogens with zero attached hydrogens (tertiary/aromatic N) is 3. The third-order valence-corrected chi connectivity index (χ3v) is 10.3. The van der Waals surface area contributed by atoms with Gasteiger partial charge < -0.3 is 14.3 Å². The summed E-state index contributed by atoms with van der Waals surface area (Å²) in [5.41, 5.74) is 8.45. The van der Waals surface area contributed by atoms with Gasteiger partial charge in [0, 0.05) is 10.3 Å². The summed E-state index contributed by atoms with van der Waals surface area (Å²) in [7, 11) is 0. The Balaban J connectivity index is 1.61. The molecule has 3 fully saturated rings. The van der Waals surface area contributed by atoms with Crippen LogP contribution in [-0.4, -0.2) is 31.5 Å². The summed E-state index contributed by atoms with van der Waals surface area (Å²) >= 11 is 0. The van der Waals surface area contributed by atoms with Crippen molar-refractivity contribution < 1.29 is 19.1 Å². The third kappa shape index (κ3) is 3.54. The van der Waals surface area contributed by atoms with Crippen LogP contribution in [0, 0.1) is 45.8 Å². The molecule has 7 heteroatoms. The largest absolute Gasteiger partial charge is 0.460 e. The van der Waals surface area contributed by atoms with E-state index in [-0.39, 0.29) is 43.0 Å². The molecule has 0 aromatic heterocycles. The normalized spacial score (nSPS) is 38.0. The molecule has 5 rings (SSSR count). The maximum absolute atomic E-state index is 14.6. The molecule has 1 aromatic carbocycles. The fourth-order valence-electron chi connectivity index (χ4n) is 8.97. The van der Waals surface area contributed by atoms with Gasteiger partial charge in [-0.2, -0.15) is 0 Å². The number of rotatable bonds is 10. The summed E-state index contributed by atoms with van der Waals surface area (Å²) in [6.45, 7) is 9.19. The van der Waals surface area contributed by atoms with Crippen LogP contribution in [0.4, 0.5) is 0 Å². The lowest BCUT2D eigenvalue weighted by Gasteiger charge is -2.58. The minimum Gasteiger partial charge on any atom is -0.460 e. The molecule has 0 aliphatic heterocycles. The molecular formula is C30H39N3O4. The maximum atomic E-state index is 14.6. The summed E-state index contributed by atoms with van der Waals surface area (Å²) in [5, 5.41) is 3.77. The number of esters is 1. The average Bonchev–Trinajstić information content (AvgIpc) is 3.45. The molecule has 0 unspecified atom stereocenters. The maximum Gasteiger partial charge on any atom is 0.318 e. The molecule has 0 spiro atoms. The summed E-state index contributed by atoms with van der Waals surface area (Å²) in [4.78, 5) is 30.9. The molecule has 37 heavy (non-hydrogen) atoms. The van der Waals surface area contributed by atoms with E-state index in [0.717, 1.165) is 36.7 Å². The van der Waals surface area contributed by atoms with Gasteiger partial charge in [0.05, 0.1) is 24.7 Å². The molecule has 8 atom stereocenters. The van der Waals surface area contributed by atoms with Gasteiger partial charge in [0.15, 0.2) is 0 Å². The van der Waals surface area contributed by atoms with Gasteiger partial charge in [-0.3, -0.25) is 4.79 Å². The Kier molecular flexibility index (Phi) is 6.74. The molecule has 7 nitrogen and oxygen atoms in total. The first kappa shape index (κ1) is 26.0. The zero-order valence-electron chi connectivity index (χ0n) is 22.4. The van der Waals surface area contributed by atoms with Crippen molar-refractivity contribution in [2.45, 2.75) is 66.0 Å². The Labute approximate surface area is 219 Å². The highest BCUT2D eigenvalue weighted by molar-refractivity contribution is 5.91. The first-order chi connectivity index (χ1) is 17.8. The van der Waals surface area contributed by atoms with E-state index in [4.69, 9.17) is 15.0 Å². The van der Waals surface area contributed by atoms with Crippen LogP contribution in [0.2, 0.25) is 0 Å². The fraction of sp³-hybridized carbons (Fsp3) is 0.667. The summed E-state index contributed by atoms with van der Waals surface area (Å²) in [6, 6.07) is 9.42. The number of aldehydes is 1. The minimum atomic E-state index is -1.04. The number of hydrogen-bond donors (Lipinski definition) is 0. The molecule has 198 valence electrons. The standard InChI is InChI=1S/C30H39N3O4/c1-19(2)26-12-23-13-28(17-34)25-11-10-20(3)24(25)14-29(23,18-36-15-21(4)32-33-31)30(26,28)27(35)37-16-22-8-6-5-7-9-22/h5-9,12,17,19-21,23-25H,10-11,13-16,18H2,1-4H3/t20-,21-,23+,24-,25-,28+,29+,30+/m0/s1. The van der Waals surface area contributed by atoms with Gasteiger partial charge in [0.1, 0.15) is 18.3 Å². The fourth-order valence-corrected chi connectivity index (χ4v) is 8.97. The Bertz CT molecular complexity index is 1130. The number of carbonyl (C=O) groups excluding carboxylic acids is 2. The molecule has 4 bridgehead atoms. The Morgan fingerprint density at radius 1 is 1.22 bits per heavy atom. The molecule has 0 N–H and O–H groups in total. The minimum absolute atomic E-state index is 0.0759. The number of benzene rings is 1. The first-order valence-corrected chi connectivity index (χ1v) is 13.8. The lowest BCUT2D eigenvalue weighted by molar-refractivity contribution is -0.193. The number of hydrogen-bond acceptors (Lipinski definition) is 5. The number of ether oxygens (including phenoxy) is 2. The zero-order chi connectivity index (χ0) is 26.4. The average molecular weight is 506 g/mol. The second kappa shape index (κ2) is 9.59. The van der Waals surface area contributed by atoms with E-state index in [1.165, 1.54) is 0 Å². The van der Waals surface area contributed by atoms with Crippen molar-refractivity contribution in [3.05, 3.63) is 58.0 Å². The zero-order valence-corrected chi connectivity index (χ0v) is 22.4. The van der Waals surface area contributed by atoms with Crippen molar-refractivity contribution in [2.75, 3.05) is 13.2 Å². The topological polar surface area (TPSA) is 101 Å². The van der Waals surface area contributed by atoms with Gasteiger partial charge in [0.25, 0.3) is 0 Å². The van der Waals surface area contributed by atoms with Crippen molar-refractivity contribution in [3.8, 4) is 0 Å². The molecule has 0 amide bonds. The van der Waals surface area contributed by atoms with Crippen LogP contribution in [0.1, 0.15) is 58.9 Å². The van der Waals surface area contributed by atoms with Crippen molar-refractivity contribution in [1.29, 1.82) is 0 Å². The van der Waals surface area contributed by atoms with Gasteiger partial charge in [0.2, 0.25) is 0 Å².